The summed E-state index contributed by atoms with van der Waals surface area (Å²) in [7, 11) is 0. The van der Waals surface area contributed by atoms with Gasteiger partial charge in [-0.05, 0) is 37.1 Å². The van der Waals surface area contributed by atoms with E-state index in [1.165, 1.54) is 5.56 Å². The van der Waals surface area contributed by atoms with E-state index in [2.05, 4.69) is 19.1 Å². The van der Waals surface area contributed by atoms with Crippen molar-refractivity contribution in [3.8, 4) is 11.5 Å². The van der Waals surface area contributed by atoms with Gasteiger partial charge < -0.3 is 20.1 Å². The monoisotopic (exact) mass is 418 g/mol. The maximum Gasteiger partial charge on any atom is 0.254 e. The van der Waals surface area contributed by atoms with Crippen molar-refractivity contribution in [3.63, 3.8) is 0 Å². The molecule has 0 aromatic heterocycles. The fraction of sp³-hybridized carbons (Fsp3) is 0.435. The zero-order chi connectivity index (χ0) is 19.9. The quantitative estimate of drug-likeness (QED) is 0.651. The zero-order valence-corrected chi connectivity index (χ0v) is 18.0. The van der Waals surface area contributed by atoms with Crippen molar-refractivity contribution >= 4 is 18.3 Å². The van der Waals surface area contributed by atoms with Crippen LogP contribution in [0.15, 0.2) is 48.5 Å². The van der Waals surface area contributed by atoms with E-state index in [0.29, 0.717) is 43.4 Å². The lowest BCUT2D eigenvalue weighted by Gasteiger charge is -2.18. The Morgan fingerprint density at radius 2 is 1.83 bits per heavy atom. The highest BCUT2D eigenvalue weighted by Gasteiger charge is 2.34. The van der Waals surface area contributed by atoms with Gasteiger partial charge in [-0.1, -0.05) is 43.7 Å². The number of unbranched alkanes of at least 4 members (excludes halogenated alkanes) is 1. The molecule has 0 unspecified atom stereocenters. The predicted molar refractivity (Wildman–Crippen MR) is 118 cm³/mol. The molecule has 1 amide bonds. The summed E-state index contributed by atoms with van der Waals surface area (Å²) in [6.45, 7) is 6.39. The van der Waals surface area contributed by atoms with Gasteiger partial charge in [-0.3, -0.25) is 4.79 Å². The van der Waals surface area contributed by atoms with Crippen LogP contribution in [-0.4, -0.2) is 43.2 Å². The lowest BCUT2D eigenvalue weighted by Crippen LogP contribution is -2.32. The Kier molecular flexibility index (Phi) is 8.80. The number of likely N-dealkylation sites (tertiary alicyclic amines) is 1. The van der Waals surface area contributed by atoms with Crippen molar-refractivity contribution in [2.24, 2.45) is 5.73 Å². The van der Waals surface area contributed by atoms with E-state index in [1.54, 1.807) is 6.07 Å². The average molecular weight is 419 g/mol. The maximum absolute atomic E-state index is 13.1. The van der Waals surface area contributed by atoms with Crippen LogP contribution in [0.4, 0.5) is 0 Å². The highest BCUT2D eigenvalue weighted by molar-refractivity contribution is 5.95. The highest BCUT2D eigenvalue weighted by Crippen LogP contribution is 2.31. The summed E-state index contributed by atoms with van der Waals surface area (Å²) in [6, 6.07) is 15.5. The number of nitrogens with two attached hydrogens (primary N) is 1. The summed E-state index contributed by atoms with van der Waals surface area (Å²) in [6.07, 6.45) is 2.05. The molecule has 0 radical (unpaired) electrons. The molecule has 3 rings (SSSR count). The molecule has 2 N–H and O–H groups in total. The molecular formula is C23H31ClN2O3. The van der Waals surface area contributed by atoms with E-state index >= 15 is 0 Å². The Balaban J connectivity index is 0.00000300. The molecule has 1 aliphatic heterocycles. The van der Waals surface area contributed by atoms with E-state index in [0.717, 1.165) is 12.8 Å². The van der Waals surface area contributed by atoms with Crippen LogP contribution in [0.2, 0.25) is 0 Å². The van der Waals surface area contributed by atoms with Crippen molar-refractivity contribution in [3.05, 3.63) is 59.7 Å². The number of ether oxygens (including phenoxy) is 2. The predicted octanol–water partition coefficient (Wildman–Crippen LogP) is 4.25. The molecule has 1 aliphatic rings. The summed E-state index contributed by atoms with van der Waals surface area (Å²) in [5, 5.41) is 0. The third kappa shape index (κ3) is 5.64. The summed E-state index contributed by atoms with van der Waals surface area (Å²) in [5.41, 5.74) is 8.13. The van der Waals surface area contributed by atoms with E-state index < -0.39 is 0 Å². The minimum Gasteiger partial charge on any atom is -0.490 e. The van der Waals surface area contributed by atoms with Gasteiger partial charge >= 0.3 is 0 Å². The van der Waals surface area contributed by atoms with Crippen LogP contribution < -0.4 is 15.2 Å². The molecule has 1 fully saturated rings. The Bertz CT molecular complexity index is 785. The molecule has 2 aromatic rings. The van der Waals surface area contributed by atoms with Gasteiger partial charge in [-0.25, -0.2) is 0 Å². The Morgan fingerprint density at radius 1 is 1.07 bits per heavy atom. The first-order valence-electron chi connectivity index (χ1n) is 10.1. The van der Waals surface area contributed by atoms with Gasteiger partial charge in [0.2, 0.25) is 0 Å². The summed E-state index contributed by atoms with van der Waals surface area (Å²) >= 11 is 0. The van der Waals surface area contributed by atoms with Crippen molar-refractivity contribution in [2.75, 3.05) is 26.3 Å². The molecule has 0 aliphatic carbocycles. The molecule has 1 saturated heterocycles. The zero-order valence-electron chi connectivity index (χ0n) is 17.2. The number of carbonyl (C=O) groups is 1. The van der Waals surface area contributed by atoms with Crippen LogP contribution in [0.3, 0.4) is 0 Å². The molecular weight excluding hydrogens is 388 g/mol. The van der Waals surface area contributed by atoms with Crippen LogP contribution in [-0.2, 0) is 0 Å². The van der Waals surface area contributed by atoms with Crippen LogP contribution in [0.5, 0.6) is 11.5 Å². The van der Waals surface area contributed by atoms with Gasteiger partial charge in [0.15, 0.2) is 11.5 Å². The van der Waals surface area contributed by atoms with Crippen LogP contribution >= 0.6 is 12.4 Å². The molecule has 0 saturated carbocycles. The van der Waals surface area contributed by atoms with Gasteiger partial charge in [-0.15, -0.1) is 12.4 Å². The Hall–Kier alpha value is -2.24. The second kappa shape index (κ2) is 11.1. The molecule has 29 heavy (non-hydrogen) atoms. The third-order valence-corrected chi connectivity index (χ3v) is 5.13. The van der Waals surface area contributed by atoms with Crippen LogP contribution in [0.25, 0.3) is 0 Å². The second-order valence-electron chi connectivity index (χ2n) is 7.19. The number of nitrogens with zero attached hydrogens (tertiary/aromatic N) is 1. The van der Waals surface area contributed by atoms with Crippen LogP contribution in [0, 0.1) is 0 Å². The second-order valence-corrected chi connectivity index (χ2v) is 7.19. The maximum atomic E-state index is 13.1. The first kappa shape index (κ1) is 23.0. The fourth-order valence-corrected chi connectivity index (χ4v) is 3.59. The molecule has 1 heterocycles. The van der Waals surface area contributed by atoms with E-state index in [4.69, 9.17) is 15.2 Å². The number of rotatable bonds is 8. The smallest absolute Gasteiger partial charge is 0.254 e. The van der Waals surface area contributed by atoms with E-state index in [1.807, 2.05) is 42.2 Å². The number of hydrogen-bond donors (Lipinski definition) is 1. The molecule has 2 aromatic carbocycles. The molecule has 0 spiro atoms. The van der Waals surface area contributed by atoms with Crippen molar-refractivity contribution in [1.82, 2.24) is 4.90 Å². The summed E-state index contributed by atoms with van der Waals surface area (Å²) in [5.74, 6) is 1.45. The van der Waals surface area contributed by atoms with Crippen molar-refractivity contribution in [2.45, 2.75) is 38.6 Å². The Labute approximate surface area is 179 Å². The minimum atomic E-state index is -0.0608. The SMILES string of the molecule is CCCCOc1ccc(C(=O)N2C[C@@H](N)[C@H](c3ccccc3)C2)cc1OCC.Cl. The largest absolute Gasteiger partial charge is 0.490 e. The number of halogens is 1. The van der Waals surface area contributed by atoms with Gasteiger partial charge in [-0.2, -0.15) is 0 Å². The number of hydrogen-bond acceptors (Lipinski definition) is 4. The van der Waals surface area contributed by atoms with Crippen molar-refractivity contribution in [1.29, 1.82) is 0 Å². The lowest BCUT2D eigenvalue weighted by molar-refractivity contribution is 0.0788. The summed E-state index contributed by atoms with van der Waals surface area (Å²) in [4.78, 5) is 14.9. The highest BCUT2D eigenvalue weighted by atomic mass is 35.5. The molecule has 5 nitrogen and oxygen atoms in total. The average Bonchev–Trinajstić information content (AvgIpc) is 3.11. The molecule has 6 heteroatoms. The van der Waals surface area contributed by atoms with Gasteiger partial charge in [0, 0.05) is 30.6 Å². The number of carbonyl (C=O) groups excluding carboxylic acids is 1. The fourth-order valence-electron chi connectivity index (χ4n) is 3.59. The van der Waals surface area contributed by atoms with Gasteiger partial charge in [0.1, 0.15) is 0 Å². The minimum absolute atomic E-state index is 0. The lowest BCUT2D eigenvalue weighted by atomic mass is 9.95. The van der Waals surface area contributed by atoms with Gasteiger partial charge in [0.05, 0.1) is 13.2 Å². The first-order chi connectivity index (χ1) is 13.6. The standard InChI is InChI=1S/C23H30N2O3.ClH/c1-3-5-13-28-21-12-11-18(14-22(21)27-4-2)23(26)25-15-19(20(24)16-25)17-9-7-6-8-10-17;/h6-12,14,19-20H,3-5,13,15-16,24H2,1-2H3;1H/t19-,20+;/m0./s1. The van der Waals surface area contributed by atoms with Crippen molar-refractivity contribution < 1.29 is 14.3 Å². The van der Waals surface area contributed by atoms with E-state index in [9.17, 15) is 4.79 Å². The topological polar surface area (TPSA) is 64.8 Å². The number of benzene rings is 2. The molecule has 158 valence electrons. The number of amides is 1. The first-order valence-corrected chi connectivity index (χ1v) is 10.1. The molecule has 2 atom stereocenters. The van der Waals surface area contributed by atoms with Crippen LogP contribution in [0.1, 0.15) is 48.5 Å². The Morgan fingerprint density at radius 3 is 2.52 bits per heavy atom. The van der Waals surface area contributed by atoms with E-state index in [-0.39, 0.29) is 30.3 Å². The summed E-state index contributed by atoms with van der Waals surface area (Å²) < 4.78 is 11.5. The van der Waals surface area contributed by atoms with Gasteiger partial charge in [0.25, 0.3) is 5.91 Å². The third-order valence-electron chi connectivity index (χ3n) is 5.13. The normalized spacial score (nSPS) is 18.2. The molecule has 0 bridgehead atoms.